The molecule has 1 atom stereocenters. The second-order valence-corrected chi connectivity index (χ2v) is 8.77. The van der Waals surface area contributed by atoms with E-state index in [0.717, 1.165) is 12.8 Å². The number of nitrogens with zero attached hydrogens (tertiary/aromatic N) is 1. The van der Waals surface area contributed by atoms with Crippen LogP contribution in [0.4, 0.5) is 0 Å². The smallest absolute Gasteiger partial charge is 0.309 e. The topological polar surface area (TPSA) is 114 Å². The van der Waals surface area contributed by atoms with Crippen molar-refractivity contribution in [2.24, 2.45) is 0 Å². The SMILES string of the molecule is COc1ccc(S(=O)(=O)N2CCCO[C@@H]2CNC(=O)C(=O)NC2CC2)cc1C. The van der Waals surface area contributed by atoms with Gasteiger partial charge in [0, 0.05) is 12.6 Å². The molecule has 0 unspecified atom stereocenters. The van der Waals surface area contributed by atoms with E-state index in [0.29, 0.717) is 24.3 Å². The van der Waals surface area contributed by atoms with Crippen molar-refractivity contribution in [3.8, 4) is 5.75 Å². The van der Waals surface area contributed by atoms with Crippen LogP contribution < -0.4 is 15.4 Å². The molecule has 0 aromatic heterocycles. The summed E-state index contributed by atoms with van der Waals surface area (Å²) in [6.45, 7) is 2.30. The molecule has 9 nitrogen and oxygen atoms in total. The Bertz CT molecular complexity index is 853. The summed E-state index contributed by atoms with van der Waals surface area (Å²) >= 11 is 0. The molecular weight excluding hydrogens is 386 g/mol. The largest absolute Gasteiger partial charge is 0.496 e. The van der Waals surface area contributed by atoms with E-state index >= 15 is 0 Å². The van der Waals surface area contributed by atoms with Crippen molar-refractivity contribution >= 4 is 21.8 Å². The first-order valence-electron chi connectivity index (χ1n) is 9.19. The molecule has 0 spiro atoms. The quantitative estimate of drug-likeness (QED) is 0.644. The van der Waals surface area contributed by atoms with E-state index in [1.165, 1.54) is 17.5 Å². The van der Waals surface area contributed by atoms with Gasteiger partial charge in [0.1, 0.15) is 12.0 Å². The normalized spacial score (nSPS) is 20.4. The molecule has 154 valence electrons. The number of hydrogen-bond donors (Lipinski definition) is 2. The van der Waals surface area contributed by atoms with Gasteiger partial charge in [-0.3, -0.25) is 9.59 Å². The number of benzene rings is 1. The van der Waals surface area contributed by atoms with Gasteiger partial charge in [-0.2, -0.15) is 4.31 Å². The summed E-state index contributed by atoms with van der Waals surface area (Å²) < 4.78 is 38.2. The number of rotatable bonds is 6. The molecule has 2 N–H and O–H groups in total. The molecule has 1 heterocycles. The maximum absolute atomic E-state index is 13.1. The van der Waals surface area contributed by atoms with Gasteiger partial charge in [0.05, 0.1) is 25.2 Å². The first kappa shape index (κ1) is 20.6. The lowest BCUT2D eigenvalue weighted by Gasteiger charge is -2.34. The Morgan fingerprint density at radius 1 is 1.29 bits per heavy atom. The minimum atomic E-state index is -3.83. The van der Waals surface area contributed by atoms with Gasteiger partial charge in [-0.05, 0) is 49.9 Å². The Balaban J connectivity index is 1.70. The number of hydrogen-bond acceptors (Lipinski definition) is 6. The Morgan fingerprint density at radius 3 is 2.68 bits per heavy atom. The summed E-state index contributed by atoms with van der Waals surface area (Å²) in [4.78, 5) is 23.8. The number of aryl methyl sites for hydroxylation is 1. The fourth-order valence-corrected chi connectivity index (χ4v) is 4.64. The lowest BCUT2D eigenvalue weighted by molar-refractivity contribution is -0.140. The van der Waals surface area contributed by atoms with Gasteiger partial charge in [-0.25, -0.2) is 8.42 Å². The molecule has 1 aromatic carbocycles. The monoisotopic (exact) mass is 411 g/mol. The van der Waals surface area contributed by atoms with Crippen molar-refractivity contribution in [1.82, 2.24) is 14.9 Å². The Morgan fingerprint density at radius 2 is 2.04 bits per heavy atom. The van der Waals surface area contributed by atoms with E-state index in [1.807, 2.05) is 0 Å². The zero-order valence-corrected chi connectivity index (χ0v) is 16.8. The molecule has 1 saturated heterocycles. The van der Waals surface area contributed by atoms with E-state index in [9.17, 15) is 18.0 Å². The molecular formula is C18H25N3O6S. The highest BCUT2D eigenvalue weighted by Crippen LogP contribution is 2.26. The summed E-state index contributed by atoms with van der Waals surface area (Å²) in [7, 11) is -2.31. The molecule has 2 amide bonds. The average Bonchev–Trinajstić information content (AvgIpc) is 3.50. The maximum atomic E-state index is 13.1. The molecule has 2 fully saturated rings. The second kappa shape index (κ2) is 8.46. The van der Waals surface area contributed by atoms with E-state index < -0.39 is 28.1 Å². The third-order valence-electron chi connectivity index (χ3n) is 4.68. The van der Waals surface area contributed by atoms with Gasteiger partial charge in [0.25, 0.3) is 0 Å². The number of carbonyl (C=O) groups is 2. The van der Waals surface area contributed by atoms with Crippen LogP contribution in [0, 0.1) is 6.92 Å². The van der Waals surface area contributed by atoms with Crippen LogP contribution in [-0.4, -0.2) is 63.6 Å². The molecule has 3 rings (SSSR count). The Labute approximate surface area is 164 Å². The standard InChI is InChI=1S/C18H25N3O6S/c1-12-10-14(6-7-15(12)26-2)28(24,25)21-8-3-9-27-16(21)11-19-17(22)18(23)20-13-4-5-13/h6-7,10,13,16H,3-5,8-9,11H2,1-2H3,(H,19,22)(H,20,23)/t16-/m1/s1. The van der Waals surface area contributed by atoms with Crippen LogP contribution in [0.1, 0.15) is 24.8 Å². The third kappa shape index (κ3) is 4.62. The number of carbonyl (C=O) groups excluding carboxylic acids is 2. The van der Waals surface area contributed by atoms with Gasteiger partial charge in [0.15, 0.2) is 0 Å². The van der Waals surface area contributed by atoms with E-state index in [2.05, 4.69) is 10.6 Å². The predicted molar refractivity (Wildman–Crippen MR) is 100 cm³/mol. The first-order chi connectivity index (χ1) is 13.3. The summed E-state index contributed by atoms with van der Waals surface area (Å²) in [6, 6.07) is 4.70. The lowest BCUT2D eigenvalue weighted by atomic mass is 10.2. The maximum Gasteiger partial charge on any atom is 0.309 e. The van der Waals surface area contributed by atoms with Crippen LogP contribution in [0.15, 0.2) is 23.1 Å². The molecule has 28 heavy (non-hydrogen) atoms. The van der Waals surface area contributed by atoms with Crippen molar-refractivity contribution in [3.05, 3.63) is 23.8 Å². The number of amides is 2. The highest BCUT2D eigenvalue weighted by atomic mass is 32.2. The van der Waals surface area contributed by atoms with Crippen molar-refractivity contribution in [3.63, 3.8) is 0 Å². The third-order valence-corrected chi connectivity index (χ3v) is 6.57. The fourth-order valence-electron chi connectivity index (χ4n) is 2.99. The lowest BCUT2D eigenvalue weighted by Crippen LogP contribution is -2.53. The first-order valence-corrected chi connectivity index (χ1v) is 10.6. The van der Waals surface area contributed by atoms with Gasteiger partial charge >= 0.3 is 11.8 Å². The molecule has 1 aromatic rings. The number of nitrogens with one attached hydrogen (secondary N) is 2. The average molecular weight is 411 g/mol. The van der Waals surface area contributed by atoms with Crippen molar-refractivity contribution in [2.45, 2.75) is 43.4 Å². The zero-order valence-electron chi connectivity index (χ0n) is 15.9. The second-order valence-electron chi connectivity index (χ2n) is 6.88. The van der Waals surface area contributed by atoms with Gasteiger partial charge < -0.3 is 20.1 Å². The highest BCUT2D eigenvalue weighted by molar-refractivity contribution is 7.89. The molecule has 0 bridgehead atoms. The molecule has 10 heteroatoms. The van der Waals surface area contributed by atoms with E-state index in [4.69, 9.17) is 9.47 Å². The predicted octanol–water partition coefficient (Wildman–Crippen LogP) is 0.136. The summed E-state index contributed by atoms with van der Waals surface area (Å²) in [5, 5.41) is 5.06. The number of ether oxygens (including phenoxy) is 2. The van der Waals surface area contributed by atoms with Crippen LogP contribution in [0.2, 0.25) is 0 Å². The minimum absolute atomic E-state index is 0.0689. The van der Waals surface area contributed by atoms with Crippen LogP contribution in [-0.2, 0) is 24.3 Å². The van der Waals surface area contributed by atoms with Crippen LogP contribution in [0.5, 0.6) is 5.75 Å². The van der Waals surface area contributed by atoms with Crippen LogP contribution >= 0.6 is 0 Å². The Hall–Kier alpha value is -2.17. The van der Waals surface area contributed by atoms with E-state index in [-0.39, 0.29) is 24.0 Å². The van der Waals surface area contributed by atoms with Crippen molar-refractivity contribution in [2.75, 3.05) is 26.8 Å². The molecule has 2 aliphatic rings. The highest BCUT2D eigenvalue weighted by Gasteiger charge is 2.35. The summed E-state index contributed by atoms with van der Waals surface area (Å²) in [5.41, 5.74) is 0.697. The summed E-state index contributed by atoms with van der Waals surface area (Å²) in [6.07, 6.45) is 1.41. The zero-order chi connectivity index (χ0) is 20.3. The van der Waals surface area contributed by atoms with Gasteiger partial charge in [0.2, 0.25) is 10.0 Å². The van der Waals surface area contributed by atoms with Crippen LogP contribution in [0.3, 0.4) is 0 Å². The van der Waals surface area contributed by atoms with Gasteiger partial charge in [-0.1, -0.05) is 0 Å². The Kier molecular flexibility index (Phi) is 6.21. The minimum Gasteiger partial charge on any atom is -0.496 e. The number of sulfonamides is 1. The molecule has 1 aliphatic carbocycles. The van der Waals surface area contributed by atoms with Crippen molar-refractivity contribution in [1.29, 1.82) is 0 Å². The fraction of sp³-hybridized carbons (Fsp3) is 0.556. The number of methoxy groups -OCH3 is 1. The summed E-state index contributed by atoms with van der Waals surface area (Å²) in [5.74, 6) is -0.906. The molecule has 0 radical (unpaired) electrons. The van der Waals surface area contributed by atoms with Crippen molar-refractivity contribution < 1.29 is 27.5 Å². The van der Waals surface area contributed by atoms with E-state index in [1.54, 1.807) is 19.1 Å². The van der Waals surface area contributed by atoms with Gasteiger partial charge in [-0.15, -0.1) is 0 Å². The molecule has 1 saturated carbocycles. The molecule has 1 aliphatic heterocycles. The van der Waals surface area contributed by atoms with Crippen LogP contribution in [0.25, 0.3) is 0 Å².